The fourth-order valence-corrected chi connectivity index (χ4v) is 1.56. The number of hydrogen-bond donors (Lipinski definition) is 1. The molecule has 0 atom stereocenters. The summed E-state index contributed by atoms with van der Waals surface area (Å²) in [6.45, 7) is 1.71. The van der Waals surface area contributed by atoms with Crippen molar-refractivity contribution in [1.29, 1.82) is 0 Å². The topological polar surface area (TPSA) is 53.9 Å². The van der Waals surface area contributed by atoms with Crippen LogP contribution in [0.1, 0.15) is 6.92 Å². The van der Waals surface area contributed by atoms with Crippen LogP contribution in [0.5, 0.6) is 0 Å². The van der Waals surface area contributed by atoms with Gasteiger partial charge in [0.05, 0.1) is 5.69 Å². The zero-order valence-electron chi connectivity index (χ0n) is 8.41. The Morgan fingerprint density at radius 3 is 2.88 bits per heavy atom. The number of halogens is 2. The maximum Gasteiger partial charge on any atom is 0.157 e. The first-order valence-electron chi connectivity index (χ1n) is 4.53. The number of aromatic nitrogens is 3. The summed E-state index contributed by atoms with van der Waals surface area (Å²) >= 11 is 11.7. The van der Waals surface area contributed by atoms with Gasteiger partial charge in [0.2, 0.25) is 0 Å². The minimum Gasteiger partial charge on any atom is -0.259 e. The molecule has 0 unspecified atom stereocenters. The van der Waals surface area contributed by atoms with Crippen molar-refractivity contribution in [3.8, 4) is 11.4 Å². The number of hydrogen-bond acceptors (Lipinski definition) is 3. The lowest BCUT2D eigenvalue weighted by Crippen LogP contribution is -1.84. The van der Waals surface area contributed by atoms with Crippen molar-refractivity contribution in [3.63, 3.8) is 0 Å². The second-order valence-electron chi connectivity index (χ2n) is 3.10. The van der Waals surface area contributed by atoms with Crippen LogP contribution < -0.4 is 0 Å². The molecule has 0 amide bonds. The van der Waals surface area contributed by atoms with Crippen molar-refractivity contribution in [2.24, 2.45) is 4.99 Å². The van der Waals surface area contributed by atoms with E-state index in [9.17, 15) is 0 Å². The van der Waals surface area contributed by atoms with Crippen LogP contribution in [-0.4, -0.2) is 20.4 Å². The first-order valence-corrected chi connectivity index (χ1v) is 5.28. The molecule has 2 rings (SSSR count). The molecule has 1 aromatic carbocycles. The predicted octanol–water partition coefficient (Wildman–Crippen LogP) is 3.41. The van der Waals surface area contributed by atoms with Crippen LogP contribution in [0, 0.1) is 0 Å². The normalized spacial score (nSPS) is 11.8. The first kappa shape index (κ1) is 11.1. The molecule has 0 fully saturated rings. The molecule has 82 valence electrons. The summed E-state index contributed by atoms with van der Waals surface area (Å²) < 4.78 is 0. The largest absolute Gasteiger partial charge is 0.259 e. The summed E-state index contributed by atoms with van der Waals surface area (Å²) in [6.07, 6.45) is 1.43. The van der Waals surface area contributed by atoms with Crippen molar-refractivity contribution < 1.29 is 0 Å². The van der Waals surface area contributed by atoms with E-state index in [1.54, 1.807) is 25.1 Å². The van der Waals surface area contributed by atoms with Gasteiger partial charge in [-0.2, -0.15) is 5.10 Å². The first-order chi connectivity index (χ1) is 7.66. The number of aliphatic imine (C=N–C) groups is 1. The van der Waals surface area contributed by atoms with Crippen molar-refractivity contribution in [2.45, 2.75) is 6.92 Å². The van der Waals surface area contributed by atoms with Crippen molar-refractivity contribution >= 4 is 34.1 Å². The van der Waals surface area contributed by atoms with E-state index in [0.717, 1.165) is 5.56 Å². The van der Waals surface area contributed by atoms with Crippen LogP contribution in [-0.2, 0) is 0 Å². The molecule has 0 aliphatic rings. The number of aromatic amines is 1. The monoisotopic (exact) mass is 254 g/mol. The Morgan fingerprint density at radius 1 is 1.44 bits per heavy atom. The molecule has 16 heavy (non-hydrogen) atoms. The Hall–Kier alpha value is -1.39. The lowest BCUT2D eigenvalue weighted by molar-refractivity contribution is 1.09. The van der Waals surface area contributed by atoms with E-state index in [4.69, 9.17) is 23.2 Å². The molecule has 0 saturated heterocycles. The second kappa shape index (κ2) is 4.63. The van der Waals surface area contributed by atoms with Gasteiger partial charge in [-0.3, -0.25) is 5.10 Å². The third-order valence-corrected chi connectivity index (χ3v) is 2.22. The molecular formula is C10H8Cl2N4. The highest BCUT2D eigenvalue weighted by atomic mass is 35.5. The molecule has 0 radical (unpaired) electrons. The van der Waals surface area contributed by atoms with Crippen LogP contribution in [0.4, 0.5) is 5.69 Å². The summed E-state index contributed by atoms with van der Waals surface area (Å²) in [5.41, 5.74) is 1.47. The van der Waals surface area contributed by atoms with Gasteiger partial charge in [0.15, 0.2) is 5.82 Å². The van der Waals surface area contributed by atoms with Crippen LogP contribution in [0.25, 0.3) is 11.4 Å². The zero-order chi connectivity index (χ0) is 11.5. The minimum atomic E-state index is 0.447. The highest BCUT2D eigenvalue weighted by Gasteiger charge is 2.08. The molecule has 0 bridgehead atoms. The van der Waals surface area contributed by atoms with Crippen LogP contribution in [0.3, 0.4) is 0 Å². The Labute approximate surface area is 102 Å². The summed E-state index contributed by atoms with van der Waals surface area (Å²) in [5.74, 6) is 0.610. The van der Waals surface area contributed by atoms with E-state index < -0.39 is 0 Å². The molecule has 6 heteroatoms. The van der Waals surface area contributed by atoms with Crippen molar-refractivity contribution in [2.75, 3.05) is 0 Å². The molecule has 4 nitrogen and oxygen atoms in total. The Balaban J connectivity index is 2.58. The molecular weight excluding hydrogens is 247 g/mol. The van der Waals surface area contributed by atoms with Gasteiger partial charge in [-0.1, -0.05) is 23.2 Å². The van der Waals surface area contributed by atoms with Gasteiger partial charge < -0.3 is 0 Å². The molecule has 0 aliphatic heterocycles. The van der Waals surface area contributed by atoms with Gasteiger partial charge in [0, 0.05) is 10.6 Å². The van der Waals surface area contributed by atoms with Crippen molar-refractivity contribution in [1.82, 2.24) is 15.2 Å². The van der Waals surface area contributed by atoms with Gasteiger partial charge >= 0.3 is 0 Å². The molecule has 1 N–H and O–H groups in total. The molecule has 1 heterocycles. The fraction of sp³-hybridized carbons (Fsp3) is 0.100. The van der Waals surface area contributed by atoms with Crippen LogP contribution in [0.15, 0.2) is 29.5 Å². The molecule has 1 aromatic heterocycles. The standard InChI is InChI=1S/C10H8Cl2N4/c1-6(11)15-9-3-2-7(12)4-8(9)10-13-5-14-16-10/h2-5H,1H3,(H,13,14,16)/b15-6+. The fourth-order valence-electron chi connectivity index (χ4n) is 1.30. The number of nitrogens with one attached hydrogen (secondary N) is 1. The van der Waals surface area contributed by atoms with E-state index in [1.165, 1.54) is 6.33 Å². The number of benzene rings is 1. The molecule has 0 spiro atoms. The quantitative estimate of drug-likeness (QED) is 0.836. The number of nitrogens with zero attached hydrogens (tertiary/aromatic N) is 3. The molecule has 0 saturated carbocycles. The van der Waals surface area contributed by atoms with E-state index in [0.29, 0.717) is 21.7 Å². The lowest BCUT2D eigenvalue weighted by Gasteiger charge is -2.03. The molecule has 2 aromatic rings. The van der Waals surface area contributed by atoms with Crippen LogP contribution >= 0.6 is 23.2 Å². The zero-order valence-corrected chi connectivity index (χ0v) is 9.92. The van der Waals surface area contributed by atoms with Gasteiger partial charge in [-0.15, -0.1) is 0 Å². The average molecular weight is 255 g/mol. The SMILES string of the molecule is C/C(Cl)=N\c1ccc(Cl)cc1-c1ncn[nH]1. The summed E-state index contributed by atoms with van der Waals surface area (Å²) in [5, 5.41) is 7.61. The molecule has 0 aliphatic carbocycles. The third-order valence-electron chi connectivity index (χ3n) is 1.90. The summed E-state index contributed by atoms with van der Waals surface area (Å²) in [7, 11) is 0. The smallest absolute Gasteiger partial charge is 0.157 e. The van der Waals surface area contributed by atoms with Crippen molar-refractivity contribution in [3.05, 3.63) is 29.5 Å². The predicted molar refractivity (Wildman–Crippen MR) is 65.5 cm³/mol. The Bertz CT molecular complexity index is 516. The maximum atomic E-state index is 5.93. The summed E-state index contributed by atoms with van der Waals surface area (Å²) in [6, 6.07) is 5.30. The Kier molecular flexibility index (Phi) is 3.22. The van der Waals surface area contributed by atoms with E-state index in [1.807, 2.05) is 0 Å². The average Bonchev–Trinajstić information content (AvgIpc) is 2.73. The van der Waals surface area contributed by atoms with Crippen LogP contribution in [0.2, 0.25) is 5.02 Å². The third kappa shape index (κ3) is 2.40. The van der Waals surface area contributed by atoms with E-state index >= 15 is 0 Å². The number of H-pyrrole nitrogens is 1. The maximum absolute atomic E-state index is 5.93. The number of rotatable bonds is 2. The highest BCUT2D eigenvalue weighted by Crippen LogP contribution is 2.30. The second-order valence-corrected chi connectivity index (χ2v) is 4.09. The minimum absolute atomic E-state index is 0.447. The highest BCUT2D eigenvalue weighted by molar-refractivity contribution is 6.65. The summed E-state index contributed by atoms with van der Waals surface area (Å²) in [4.78, 5) is 8.25. The Morgan fingerprint density at radius 2 is 2.25 bits per heavy atom. The lowest BCUT2D eigenvalue weighted by atomic mass is 10.1. The van der Waals surface area contributed by atoms with Gasteiger partial charge in [-0.25, -0.2) is 9.98 Å². The van der Waals surface area contributed by atoms with Gasteiger partial charge in [-0.05, 0) is 25.1 Å². The van der Waals surface area contributed by atoms with E-state index in [2.05, 4.69) is 20.2 Å². The van der Waals surface area contributed by atoms with Gasteiger partial charge in [0.25, 0.3) is 0 Å². The van der Waals surface area contributed by atoms with E-state index in [-0.39, 0.29) is 0 Å². The van der Waals surface area contributed by atoms with Gasteiger partial charge in [0.1, 0.15) is 11.5 Å².